The van der Waals surface area contributed by atoms with Crippen LogP contribution >= 0.6 is 11.8 Å². The number of hydrogen-bond acceptors (Lipinski definition) is 12. The highest BCUT2D eigenvalue weighted by molar-refractivity contribution is 7.99. The summed E-state index contributed by atoms with van der Waals surface area (Å²) in [5, 5.41) is 8.05. The number of benzene rings is 3. The van der Waals surface area contributed by atoms with Crippen LogP contribution in [0.15, 0.2) is 96.2 Å². The second-order valence-electron chi connectivity index (χ2n) is 16.1. The second-order valence-corrected chi connectivity index (χ2v) is 17.3. The van der Waals surface area contributed by atoms with Crippen molar-refractivity contribution in [3.63, 3.8) is 0 Å². The topological polar surface area (TPSA) is 189 Å². The number of piperidine rings is 2. The molecule has 3 fully saturated rings. The van der Waals surface area contributed by atoms with Gasteiger partial charge in [-0.05, 0) is 73.4 Å². The molecule has 16 nitrogen and oxygen atoms in total. The van der Waals surface area contributed by atoms with E-state index in [0.717, 1.165) is 34.6 Å². The van der Waals surface area contributed by atoms with Gasteiger partial charge in [0.25, 0.3) is 5.91 Å². The summed E-state index contributed by atoms with van der Waals surface area (Å²) < 4.78 is 7.88. The average Bonchev–Trinajstić information content (AvgIpc) is 3.86. The van der Waals surface area contributed by atoms with E-state index in [-0.39, 0.29) is 36.1 Å². The number of aromatic nitrogens is 4. The van der Waals surface area contributed by atoms with Crippen molar-refractivity contribution in [1.82, 2.24) is 44.7 Å². The molecule has 0 radical (unpaired) electrons. The molecule has 6 heterocycles. The first kappa shape index (κ1) is 41.7. The number of nitrogens with one attached hydrogen (secondary N) is 1. The van der Waals surface area contributed by atoms with Crippen LogP contribution in [0.3, 0.4) is 0 Å². The molecule has 3 saturated heterocycles. The lowest BCUT2D eigenvalue weighted by molar-refractivity contribution is -0.137. The van der Waals surface area contributed by atoms with Crippen LogP contribution in [0.2, 0.25) is 0 Å². The number of nitrogen functional groups attached to an aromatic ring is 1. The highest BCUT2D eigenvalue weighted by Gasteiger charge is 2.40. The Labute approximate surface area is 368 Å². The Morgan fingerprint density at radius 1 is 0.889 bits per heavy atom. The molecule has 4 aliphatic rings. The number of likely N-dealkylation sites (tertiary alicyclic amines) is 1. The predicted molar refractivity (Wildman–Crippen MR) is 237 cm³/mol. The number of carbonyl (C=O) groups is 5. The number of para-hydroxylation sites is 1. The molecular weight excluding hydrogens is 821 g/mol. The highest BCUT2D eigenvalue weighted by Crippen LogP contribution is 2.36. The Morgan fingerprint density at radius 3 is 2.48 bits per heavy atom. The lowest BCUT2D eigenvalue weighted by Crippen LogP contribution is -2.52. The van der Waals surface area contributed by atoms with Crippen molar-refractivity contribution >= 4 is 58.1 Å². The third kappa shape index (κ3) is 9.02. The minimum atomic E-state index is -0.668. The first-order valence-corrected chi connectivity index (χ1v) is 22.4. The van der Waals surface area contributed by atoms with Crippen LogP contribution in [0, 0.1) is 0 Å². The Hall–Kier alpha value is -6.59. The quantitative estimate of drug-likeness (QED) is 0.100. The van der Waals surface area contributed by atoms with Gasteiger partial charge in [0, 0.05) is 93.1 Å². The van der Waals surface area contributed by atoms with Crippen molar-refractivity contribution in [3.05, 3.63) is 102 Å². The summed E-state index contributed by atoms with van der Waals surface area (Å²) in [6.07, 6.45) is 7.54. The molecule has 0 aliphatic carbocycles. The smallest absolute Gasteiger partial charge is 0.255 e. The Balaban J connectivity index is 0.744. The van der Waals surface area contributed by atoms with Crippen LogP contribution in [0.5, 0.6) is 11.5 Å². The van der Waals surface area contributed by atoms with Crippen LogP contribution in [0.25, 0.3) is 22.3 Å². The molecule has 63 heavy (non-hydrogen) atoms. The first-order valence-electron chi connectivity index (χ1n) is 21.4. The second kappa shape index (κ2) is 18.4. The fraction of sp³-hybridized carbons (Fsp3) is 0.348. The van der Waals surface area contributed by atoms with Gasteiger partial charge in [-0.25, -0.2) is 14.6 Å². The monoisotopic (exact) mass is 868 g/mol. The Morgan fingerprint density at radius 2 is 1.68 bits per heavy atom. The largest absolute Gasteiger partial charge is 0.457 e. The molecule has 17 heteroatoms. The van der Waals surface area contributed by atoms with Gasteiger partial charge in [-0.15, -0.1) is 11.8 Å². The number of ether oxygens (including phenoxy) is 1. The Kier molecular flexibility index (Phi) is 12.2. The van der Waals surface area contributed by atoms with Crippen molar-refractivity contribution in [2.24, 2.45) is 0 Å². The summed E-state index contributed by atoms with van der Waals surface area (Å²) in [7, 11) is 0. The number of thioether (sulfide) groups is 1. The van der Waals surface area contributed by atoms with Gasteiger partial charge in [-0.2, -0.15) is 5.10 Å². The molecular formula is C46H48N10O6S. The minimum absolute atomic E-state index is 0.0528. The standard InChI is InChI=1S/C46H48N10O6S/c47-43-41-42(30-13-15-33(16-14-30)62-32-8-2-1-3-9-32)51-56(44(41)49-29-48-43)31-7-5-21-54(27-31)39(58)12-6-20-52-22-24-53(25-23-52)40(59)19-26-63-37-11-4-10-34-35(37)28-55(46(34)61)36-17-18-38(57)50-45(36)60/h1-4,6,8-16,29,31,36H,5,7,17-28H2,(H2,47,48,49)(H,50,57,60)/b12-6+. The maximum Gasteiger partial charge on any atom is 0.255 e. The molecule has 324 valence electrons. The molecule has 0 bridgehead atoms. The van der Waals surface area contributed by atoms with E-state index in [0.29, 0.717) is 105 Å². The van der Waals surface area contributed by atoms with E-state index in [1.807, 2.05) is 87.3 Å². The Bertz CT molecular complexity index is 2580. The van der Waals surface area contributed by atoms with E-state index in [1.54, 1.807) is 28.8 Å². The maximum atomic E-state index is 13.5. The van der Waals surface area contributed by atoms with E-state index in [9.17, 15) is 24.0 Å². The van der Waals surface area contributed by atoms with Crippen molar-refractivity contribution in [3.8, 4) is 22.8 Å². The van der Waals surface area contributed by atoms with Crippen LogP contribution in [-0.4, -0.2) is 126 Å². The number of carbonyl (C=O) groups excluding carboxylic acids is 5. The molecule has 0 saturated carbocycles. The number of amides is 5. The van der Waals surface area contributed by atoms with Crippen molar-refractivity contribution in [2.45, 2.75) is 55.6 Å². The molecule has 0 spiro atoms. The summed E-state index contributed by atoms with van der Waals surface area (Å²) in [6.45, 7) is 4.66. The third-order valence-electron chi connectivity index (χ3n) is 12.1. The summed E-state index contributed by atoms with van der Waals surface area (Å²) >= 11 is 1.54. The predicted octanol–water partition coefficient (Wildman–Crippen LogP) is 4.68. The average molecular weight is 869 g/mol. The normalized spacial score (nSPS) is 19.5. The molecule has 2 unspecified atom stereocenters. The lowest BCUT2D eigenvalue weighted by Gasteiger charge is -2.34. The van der Waals surface area contributed by atoms with Crippen LogP contribution in [-0.2, 0) is 25.7 Å². The van der Waals surface area contributed by atoms with Crippen LogP contribution < -0.4 is 15.8 Å². The SMILES string of the molecule is Nc1ncnc2c1c(-c1ccc(Oc3ccccc3)cc1)nn2C1CCCN(C(=O)/C=C/CN2CCN(C(=O)CCSc3cccc4c3CN(C3CCC(=O)NC3=O)C4=O)CC2)C1. The fourth-order valence-electron chi connectivity index (χ4n) is 8.80. The van der Waals surface area contributed by atoms with Crippen molar-refractivity contribution < 1.29 is 28.7 Å². The highest BCUT2D eigenvalue weighted by atomic mass is 32.2. The molecule has 5 aromatic rings. The van der Waals surface area contributed by atoms with Crippen LogP contribution in [0.4, 0.5) is 5.82 Å². The number of nitrogens with zero attached hydrogens (tertiary/aromatic N) is 8. The van der Waals surface area contributed by atoms with Gasteiger partial charge in [0.15, 0.2) is 5.65 Å². The molecule has 3 aromatic carbocycles. The number of hydrogen-bond donors (Lipinski definition) is 2. The molecule has 5 amide bonds. The van der Waals surface area contributed by atoms with Gasteiger partial charge >= 0.3 is 0 Å². The number of nitrogens with two attached hydrogens (primary N) is 1. The summed E-state index contributed by atoms with van der Waals surface area (Å²) in [5.41, 5.74) is 10.00. The first-order chi connectivity index (χ1) is 30.7. The molecule has 2 aromatic heterocycles. The maximum absolute atomic E-state index is 13.5. The molecule has 4 aliphatic heterocycles. The van der Waals surface area contributed by atoms with E-state index in [2.05, 4.69) is 20.2 Å². The zero-order chi connectivity index (χ0) is 43.5. The van der Waals surface area contributed by atoms with E-state index in [4.69, 9.17) is 15.6 Å². The molecule has 2 atom stereocenters. The van der Waals surface area contributed by atoms with Crippen molar-refractivity contribution in [2.75, 3.05) is 57.3 Å². The number of imide groups is 1. The number of fused-ring (bicyclic) bond motifs is 2. The van der Waals surface area contributed by atoms with Crippen LogP contribution in [0.1, 0.15) is 54.1 Å². The van der Waals surface area contributed by atoms with Gasteiger partial charge < -0.3 is 25.2 Å². The van der Waals surface area contributed by atoms with Gasteiger partial charge in [0.2, 0.25) is 23.6 Å². The summed E-state index contributed by atoms with van der Waals surface area (Å²) in [4.78, 5) is 81.4. The number of rotatable bonds is 12. The van der Waals surface area contributed by atoms with E-state index in [1.165, 1.54) is 6.33 Å². The minimum Gasteiger partial charge on any atom is -0.457 e. The summed E-state index contributed by atoms with van der Waals surface area (Å²) in [5.74, 6) is 1.42. The van der Waals surface area contributed by atoms with Crippen molar-refractivity contribution in [1.29, 1.82) is 0 Å². The molecule has 9 rings (SSSR count). The molecule has 3 N–H and O–H groups in total. The van der Waals surface area contributed by atoms with E-state index < -0.39 is 11.9 Å². The van der Waals surface area contributed by atoms with Gasteiger partial charge in [0.05, 0.1) is 11.4 Å². The van der Waals surface area contributed by atoms with Gasteiger partial charge in [-0.1, -0.05) is 30.3 Å². The van der Waals surface area contributed by atoms with E-state index >= 15 is 0 Å². The van der Waals surface area contributed by atoms with Gasteiger partial charge in [-0.3, -0.25) is 34.2 Å². The number of piperazine rings is 1. The third-order valence-corrected chi connectivity index (χ3v) is 13.2. The van der Waals surface area contributed by atoms with Gasteiger partial charge in [0.1, 0.15) is 35.4 Å². The zero-order valence-electron chi connectivity index (χ0n) is 34.7. The zero-order valence-corrected chi connectivity index (χ0v) is 35.5. The lowest BCUT2D eigenvalue weighted by atomic mass is 10.0. The fourth-order valence-corrected chi connectivity index (χ4v) is 9.82. The number of anilines is 1. The summed E-state index contributed by atoms with van der Waals surface area (Å²) in [6, 6.07) is 22.1.